The molecule has 0 bridgehead atoms. The van der Waals surface area contributed by atoms with Crippen molar-refractivity contribution in [2.24, 2.45) is 5.92 Å². The molecular weight excluding hydrogens is 316 g/mol. The third-order valence-electron chi connectivity index (χ3n) is 4.80. The van der Waals surface area contributed by atoms with E-state index in [0.29, 0.717) is 13.1 Å². The molecule has 1 atom stereocenters. The minimum atomic E-state index is -0.152. The number of nitrogens with zero attached hydrogens (tertiary/aromatic N) is 1. The normalized spacial score (nSPS) is 17.5. The molecule has 2 amide bonds. The summed E-state index contributed by atoms with van der Waals surface area (Å²) in [5.74, 6) is -0.0751. The van der Waals surface area contributed by atoms with Crippen molar-refractivity contribution < 1.29 is 14.7 Å². The molecular formula is C20H24N2O3. The van der Waals surface area contributed by atoms with Crippen molar-refractivity contribution in [2.45, 2.75) is 19.3 Å². The first-order chi connectivity index (χ1) is 12.2. The van der Waals surface area contributed by atoms with Gasteiger partial charge in [0.2, 0.25) is 11.8 Å². The van der Waals surface area contributed by atoms with E-state index in [0.717, 1.165) is 29.2 Å². The Morgan fingerprint density at radius 3 is 2.80 bits per heavy atom. The number of benzene rings is 2. The number of piperidine rings is 1. The van der Waals surface area contributed by atoms with E-state index >= 15 is 0 Å². The Hall–Kier alpha value is -2.40. The first-order valence-electron chi connectivity index (χ1n) is 8.79. The maximum atomic E-state index is 12.3. The van der Waals surface area contributed by atoms with Crippen molar-refractivity contribution in [3.63, 3.8) is 0 Å². The van der Waals surface area contributed by atoms with Gasteiger partial charge in [-0.1, -0.05) is 42.5 Å². The van der Waals surface area contributed by atoms with Crippen molar-refractivity contribution in [1.29, 1.82) is 0 Å². The van der Waals surface area contributed by atoms with Gasteiger partial charge in [-0.05, 0) is 35.1 Å². The van der Waals surface area contributed by atoms with Crippen molar-refractivity contribution >= 4 is 22.6 Å². The van der Waals surface area contributed by atoms with Crippen LogP contribution in [-0.4, -0.2) is 48.1 Å². The Bertz CT molecular complexity index is 754. The van der Waals surface area contributed by atoms with Crippen LogP contribution in [0.4, 0.5) is 0 Å². The molecule has 3 rings (SSSR count). The molecule has 1 saturated heterocycles. The maximum Gasteiger partial charge on any atom is 0.241 e. The predicted octanol–water partition coefficient (Wildman–Crippen LogP) is 1.73. The number of carbonyl (C=O) groups excluding carboxylic acids is 2. The molecule has 2 aromatic carbocycles. The summed E-state index contributed by atoms with van der Waals surface area (Å²) in [6.45, 7) is 1.40. The van der Waals surface area contributed by atoms with Crippen molar-refractivity contribution in [1.82, 2.24) is 10.2 Å². The number of likely N-dealkylation sites (tertiary alicyclic amines) is 1. The number of carbonyl (C=O) groups is 2. The number of hydrogen-bond donors (Lipinski definition) is 2. The van der Waals surface area contributed by atoms with E-state index in [4.69, 9.17) is 0 Å². The number of hydrogen-bond acceptors (Lipinski definition) is 3. The fraction of sp³-hybridized carbons (Fsp3) is 0.400. The molecule has 0 spiro atoms. The summed E-state index contributed by atoms with van der Waals surface area (Å²) in [5, 5.41) is 14.2. The van der Waals surface area contributed by atoms with Gasteiger partial charge in [0.15, 0.2) is 0 Å². The average molecular weight is 340 g/mol. The Balaban J connectivity index is 1.55. The summed E-state index contributed by atoms with van der Waals surface area (Å²) in [4.78, 5) is 26.2. The van der Waals surface area contributed by atoms with Gasteiger partial charge < -0.3 is 15.3 Å². The molecule has 0 aliphatic carbocycles. The molecule has 5 nitrogen and oxygen atoms in total. The SMILES string of the molecule is O=C(Cc1cccc2ccccc12)NCC(=O)N1CCCC(CO)C1. The highest BCUT2D eigenvalue weighted by Gasteiger charge is 2.23. The van der Waals surface area contributed by atoms with Gasteiger partial charge in [0.1, 0.15) is 0 Å². The predicted molar refractivity (Wildman–Crippen MR) is 97.1 cm³/mol. The first kappa shape index (κ1) is 17.4. The lowest BCUT2D eigenvalue weighted by Crippen LogP contribution is -2.45. The number of fused-ring (bicyclic) bond motifs is 1. The van der Waals surface area contributed by atoms with Crippen LogP contribution < -0.4 is 5.32 Å². The number of nitrogens with one attached hydrogen (secondary N) is 1. The Morgan fingerprint density at radius 2 is 1.96 bits per heavy atom. The number of aliphatic hydroxyl groups is 1. The molecule has 132 valence electrons. The molecule has 1 aliphatic rings. The van der Waals surface area contributed by atoms with E-state index in [1.165, 1.54) is 0 Å². The molecule has 25 heavy (non-hydrogen) atoms. The van der Waals surface area contributed by atoms with Crippen molar-refractivity contribution in [3.05, 3.63) is 48.0 Å². The van der Waals surface area contributed by atoms with Crippen LogP contribution >= 0.6 is 0 Å². The van der Waals surface area contributed by atoms with E-state index in [1.54, 1.807) is 4.90 Å². The number of rotatable bonds is 5. The van der Waals surface area contributed by atoms with Crippen LogP contribution in [0.15, 0.2) is 42.5 Å². The van der Waals surface area contributed by atoms with E-state index in [9.17, 15) is 14.7 Å². The topological polar surface area (TPSA) is 69.6 Å². The highest BCUT2D eigenvalue weighted by Crippen LogP contribution is 2.19. The van der Waals surface area contributed by atoms with E-state index in [-0.39, 0.29) is 37.3 Å². The maximum absolute atomic E-state index is 12.3. The third kappa shape index (κ3) is 4.37. The Morgan fingerprint density at radius 1 is 1.16 bits per heavy atom. The van der Waals surface area contributed by atoms with E-state index in [1.807, 2.05) is 42.5 Å². The van der Waals surface area contributed by atoms with Crippen LogP contribution in [0.5, 0.6) is 0 Å². The second-order valence-corrected chi connectivity index (χ2v) is 6.62. The molecule has 0 aromatic heterocycles. The van der Waals surface area contributed by atoms with Gasteiger partial charge in [-0.3, -0.25) is 9.59 Å². The first-order valence-corrected chi connectivity index (χ1v) is 8.79. The zero-order valence-electron chi connectivity index (χ0n) is 14.3. The summed E-state index contributed by atoms with van der Waals surface area (Å²) < 4.78 is 0. The smallest absolute Gasteiger partial charge is 0.241 e. The van der Waals surface area contributed by atoms with Crippen LogP contribution in [0.25, 0.3) is 10.8 Å². The summed E-state index contributed by atoms with van der Waals surface area (Å²) >= 11 is 0. The minimum absolute atomic E-state index is 0.0156. The van der Waals surface area contributed by atoms with Gasteiger partial charge in [0.25, 0.3) is 0 Å². The monoisotopic (exact) mass is 340 g/mol. The highest BCUT2D eigenvalue weighted by molar-refractivity contribution is 5.91. The van der Waals surface area contributed by atoms with Crippen molar-refractivity contribution in [3.8, 4) is 0 Å². The van der Waals surface area contributed by atoms with Crippen LogP contribution in [-0.2, 0) is 16.0 Å². The second kappa shape index (κ2) is 8.12. The van der Waals surface area contributed by atoms with Gasteiger partial charge in [0.05, 0.1) is 13.0 Å². The van der Waals surface area contributed by atoms with Gasteiger partial charge in [0, 0.05) is 19.7 Å². The van der Waals surface area contributed by atoms with Crippen LogP contribution in [0.2, 0.25) is 0 Å². The lowest BCUT2D eigenvalue weighted by molar-refractivity contribution is -0.134. The third-order valence-corrected chi connectivity index (χ3v) is 4.80. The lowest BCUT2D eigenvalue weighted by atomic mass is 9.99. The number of amides is 2. The Labute approximate surface area is 147 Å². The molecule has 1 heterocycles. The number of aliphatic hydroxyl groups excluding tert-OH is 1. The minimum Gasteiger partial charge on any atom is -0.396 e. The molecule has 5 heteroatoms. The van der Waals surface area contributed by atoms with Gasteiger partial charge in [-0.15, -0.1) is 0 Å². The Kier molecular flexibility index (Phi) is 5.66. The van der Waals surface area contributed by atoms with Crippen LogP contribution in [0.3, 0.4) is 0 Å². The summed E-state index contributed by atoms with van der Waals surface area (Å²) in [6, 6.07) is 13.9. The highest BCUT2D eigenvalue weighted by atomic mass is 16.3. The standard InChI is InChI=1S/C20H24N2O3/c23-14-15-5-4-10-22(13-15)20(25)12-21-19(24)11-17-8-3-7-16-6-1-2-9-18(16)17/h1-3,6-9,15,23H,4-5,10-14H2,(H,21,24). The summed E-state index contributed by atoms with van der Waals surface area (Å²) in [5.41, 5.74) is 0.960. The van der Waals surface area contributed by atoms with E-state index < -0.39 is 0 Å². The molecule has 2 N–H and O–H groups in total. The molecule has 1 unspecified atom stereocenters. The van der Waals surface area contributed by atoms with Gasteiger partial charge >= 0.3 is 0 Å². The molecule has 2 aromatic rings. The summed E-state index contributed by atoms with van der Waals surface area (Å²) in [7, 11) is 0. The zero-order chi connectivity index (χ0) is 17.6. The molecule has 1 fully saturated rings. The van der Waals surface area contributed by atoms with E-state index in [2.05, 4.69) is 5.32 Å². The molecule has 0 radical (unpaired) electrons. The van der Waals surface area contributed by atoms with Crippen molar-refractivity contribution in [2.75, 3.05) is 26.2 Å². The second-order valence-electron chi connectivity index (χ2n) is 6.62. The fourth-order valence-corrected chi connectivity index (χ4v) is 3.41. The largest absolute Gasteiger partial charge is 0.396 e. The molecule has 1 aliphatic heterocycles. The zero-order valence-corrected chi connectivity index (χ0v) is 14.3. The quantitative estimate of drug-likeness (QED) is 0.871. The average Bonchev–Trinajstić information content (AvgIpc) is 2.66. The van der Waals surface area contributed by atoms with Crippen LogP contribution in [0, 0.1) is 5.92 Å². The lowest BCUT2D eigenvalue weighted by Gasteiger charge is -2.31. The fourth-order valence-electron chi connectivity index (χ4n) is 3.41. The van der Waals surface area contributed by atoms with Gasteiger partial charge in [-0.2, -0.15) is 0 Å². The van der Waals surface area contributed by atoms with Crippen LogP contribution in [0.1, 0.15) is 18.4 Å². The van der Waals surface area contributed by atoms with Gasteiger partial charge in [-0.25, -0.2) is 0 Å². The summed E-state index contributed by atoms with van der Waals surface area (Å²) in [6.07, 6.45) is 2.11. The molecule has 0 saturated carbocycles.